The fourth-order valence-electron chi connectivity index (χ4n) is 2.66. The van der Waals surface area contributed by atoms with Gasteiger partial charge in [0.25, 0.3) is 5.91 Å². The van der Waals surface area contributed by atoms with E-state index in [-0.39, 0.29) is 21.5 Å². The van der Waals surface area contributed by atoms with Crippen LogP contribution in [0.15, 0.2) is 46.8 Å². The van der Waals surface area contributed by atoms with E-state index in [1.54, 1.807) is 37.6 Å². The SMILES string of the molecule is CCN(CC)S(=O)(=O)c1ccc(Cl)c(NC(=O)c2ccc3ncsc3c2)c1. The average molecular weight is 424 g/mol. The standard InChI is InChI=1S/C18H18ClN3O3S2/c1-3-22(4-2)27(24,25)13-6-7-14(19)16(10-13)21-18(23)12-5-8-15-17(9-12)26-11-20-15/h5-11H,3-4H2,1-2H3,(H,21,23). The zero-order valence-electron chi connectivity index (χ0n) is 14.8. The van der Waals surface area contributed by atoms with Crippen molar-refractivity contribution >= 4 is 54.8 Å². The minimum absolute atomic E-state index is 0.0869. The molecule has 6 nitrogen and oxygen atoms in total. The molecule has 0 saturated carbocycles. The van der Waals surface area contributed by atoms with Crippen LogP contribution in [0, 0.1) is 0 Å². The molecular formula is C18H18ClN3O3S2. The van der Waals surface area contributed by atoms with Crippen molar-refractivity contribution in [3.05, 3.63) is 52.5 Å². The van der Waals surface area contributed by atoms with Gasteiger partial charge >= 0.3 is 0 Å². The minimum atomic E-state index is -3.65. The van der Waals surface area contributed by atoms with Crippen LogP contribution in [-0.4, -0.2) is 36.7 Å². The molecule has 0 aliphatic rings. The maximum Gasteiger partial charge on any atom is 0.255 e. The molecule has 0 unspecified atom stereocenters. The lowest BCUT2D eigenvalue weighted by Crippen LogP contribution is -2.30. The second-order valence-electron chi connectivity index (χ2n) is 5.72. The van der Waals surface area contributed by atoms with Gasteiger partial charge in [0, 0.05) is 18.7 Å². The van der Waals surface area contributed by atoms with E-state index >= 15 is 0 Å². The van der Waals surface area contributed by atoms with Crippen molar-refractivity contribution in [3.63, 3.8) is 0 Å². The second-order valence-corrected chi connectivity index (χ2v) is 8.95. The van der Waals surface area contributed by atoms with Gasteiger partial charge in [-0.3, -0.25) is 4.79 Å². The highest BCUT2D eigenvalue weighted by Crippen LogP contribution is 2.28. The molecule has 3 rings (SSSR count). The van der Waals surface area contributed by atoms with Gasteiger partial charge in [-0.25, -0.2) is 13.4 Å². The van der Waals surface area contributed by atoms with Crippen LogP contribution in [0.25, 0.3) is 10.2 Å². The third-order valence-corrected chi connectivity index (χ3v) is 7.29. The van der Waals surface area contributed by atoms with Gasteiger partial charge in [-0.15, -0.1) is 11.3 Å². The first kappa shape index (κ1) is 19.8. The molecule has 1 amide bonds. The molecule has 1 aromatic heterocycles. The minimum Gasteiger partial charge on any atom is -0.321 e. The largest absolute Gasteiger partial charge is 0.321 e. The number of hydrogen-bond acceptors (Lipinski definition) is 5. The van der Waals surface area contributed by atoms with Crippen molar-refractivity contribution in [2.24, 2.45) is 0 Å². The van der Waals surface area contributed by atoms with Gasteiger partial charge in [-0.1, -0.05) is 25.4 Å². The summed E-state index contributed by atoms with van der Waals surface area (Å²) in [5, 5.41) is 2.97. The zero-order chi connectivity index (χ0) is 19.6. The van der Waals surface area contributed by atoms with Gasteiger partial charge in [0.05, 0.1) is 31.3 Å². The Bertz CT molecular complexity index is 1090. The lowest BCUT2D eigenvalue weighted by molar-refractivity contribution is 0.102. The molecule has 27 heavy (non-hydrogen) atoms. The van der Waals surface area contributed by atoms with Gasteiger partial charge in [-0.2, -0.15) is 4.31 Å². The number of hydrogen-bond donors (Lipinski definition) is 1. The Morgan fingerprint density at radius 1 is 1.19 bits per heavy atom. The van der Waals surface area contributed by atoms with E-state index in [4.69, 9.17) is 11.6 Å². The van der Waals surface area contributed by atoms with Crippen molar-refractivity contribution in [1.29, 1.82) is 0 Å². The van der Waals surface area contributed by atoms with Crippen molar-refractivity contribution in [3.8, 4) is 0 Å². The molecule has 0 saturated heterocycles. The monoisotopic (exact) mass is 423 g/mol. The van der Waals surface area contributed by atoms with Gasteiger partial charge in [0.1, 0.15) is 0 Å². The van der Waals surface area contributed by atoms with E-state index in [1.807, 2.05) is 0 Å². The molecule has 1 heterocycles. The number of nitrogens with one attached hydrogen (secondary N) is 1. The highest BCUT2D eigenvalue weighted by atomic mass is 35.5. The summed E-state index contributed by atoms with van der Waals surface area (Å²) >= 11 is 7.61. The molecular weight excluding hydrogens is 406 g/mol. The molecule has 0 aliphatic carbocycles. The maximum atomic E-state index is 12.7. The number of carbonyl (C=O) groups excluding carboxylic acids is 1. The Labute approximate surface area is 166 Å². The molecule has 0 atom stereocenters. The molecule has 0 bridgehead atoms. The number of benzene rings is 2. The van der Waals surface area contributed by atoms with E-state index in [0.717, 1.165) is 10.2 Å². The Hall–Kier alpha value is -2.00. The first-order valence-corrected chi connectivity index (χ1v) is 11.0. The van der Waals surface area contributed by atoms with Gasteiger partial charge in [0.15, 0.2) is 0 Å². The van der Waals surface area contributed by atoms with Crippen LogP contribution in [0.5, 0.6) is 0 Å². The van der Waals surface area contributed by atoms with Crippen LogP contribution in [0.3, 0.4) is 0 Å². The first-order chi connectivity index (χ1) is 12.9. The number of amides is 1. The highest BCUT2D eigenvalue weighted by Gasteiger charge is 2.23. The topological polar surface area (TPSA) is 79.4 Å². The molecule has 142 valence electrons. The molecule has 2 aromatic carbocycles. The Morgan fingerprint density at radius 3 is 2.63 bits per heavy atom. The number of carbonyl (C=O) groups is 1. The van der Waals surface area contributed by atoms with E-state index < -0.39 is 10.0 Å². The number of anilines is 1. The first-order valence-electron chi connectivity index (χ1n) is 8.31. The van der Waals surface area contributed by atoms with Crippen molar-refractivity contribution in [2.75, 3.05) is 18.4 Å². The number of thiazole rings is 1. The van der Waals surface area contributed by atoms with E-state index in [1.165, 1.54) is 33.8 Å². The Balaban J connectivity index is 1.91. The lowest BCUT2D eigenvalue weighted by Gasteiger charge is -2.19. The zero-order valence-corrected chi connectivity index (χ0v) is 17.2. The highest BCUT2D eigenvalue weighted by molar-refractivity contribution is 7.89. The van der Waals surface area contributed by atoms with Crippen LogP contribution < -0.4 is 5.32 Å². The number of fused-ring (bicyclic) bond motifs is 1. The predicted octanol–water partition coefficient (Wildman–Crippen LogP) is 4.23. The van der Waals surface area contributed by atoms with E-state index in [0.29, 0.717) is 18.7 Å². The normalized spacial score (nSPS) is 11.9. The summed E-state index contributed by atoms with van der Waals surface area (Å²) in [5.74, 6) is -0.371. The quantitative estimate of drug-likeness (QED) is 0.643. The van der Waals surface area contributed by atoms with Crippen LogP contribution in [-0.2, 0) is 10.0 Å². The predicted molar refractivity (Wildman–Crippen MR) is 109 cm³/mol. The third-order valence-electron chi connectivity index (χ3n) is 4.12. The van der Waals surface area contributed by atoms with Gasteiger partial charge in [0.2, 0.25) is 10.0 Å². The number of aromatic nitrogens is 1. The third kappa shape index (κ3) is 3.98. The van der Waals surface area contributed by atoms with Crippen molar-refractivity contribution in [1.82, 2.24) is 9.29 Å². The second kappa shape index (κ2) is 7.93. The summed E-state index contributed by atoms with van der Waals surface area (Å²) in [6.45, 7) is 4.26. The van der Waals surface area contributed by atoms with Crippen molar-refractivity contribution in [2.45, 2.75) is 18.7 Å². The van der Waals surface area contributed by atoms with Crippen LogP contribution in [0.4, 0.5) is 5.69 Å². The van der Waals surface area contributed by atoms with Gasteiger partial charge in [-0.05, 0) is 36.4 Å². The number of halogens is 1. The molecule has 0 spiro atoms. The van der Waals surface area contributed by atoms with Crippen LogP contribution in [0.2, 0.25) is 5.02 Å². The average Bonchev–Trinajstić information content (AvgIpc) is 3.11. The molecule has 0 aliphatic heterocycles. The summed E-state index contributed by atoms with van der Waals surface area (Å²) in [5.41, 5.74) is 3.23. The Morgan fingerprint density at radius 2 is 1.93 bits per heavy atom. The summed E-state index contributed by atoms with van der Waals surface area (Å²) in [7, 11) is -3.65. The fraction of sp³-hybridized carbons (Fsp3) is 0.222. The molecule has 3 aromatic rings. The summed E-state index contributed by atoms with van der Waals surface area (Å²) in [6, 6.07) is 9.48. The van der Waals surface area contributed by atoms with E-state index in [2.05, 4.69) is 10.3 Å². The summed E-state index contributed by atoms with van der Waals surface area (Å²) in [4.78, 5) is 16.9. The van der Waals surface area contributed by atoms with E-state index in [9.17, 15) is 13.2 Å². The molecule has 1 N–H and O–H groups in total. The smallest absolute Gasteiger partial charge is 0.255 e. The number of nitrogens with zero attached hydrogens (tertiary/aromatic N) is 2. The van der Waals surface area contributed by atoms with Gasteiger partial charge < -0.3 is 5.32 Å². The summed E-state index contributed by atoms with van der Waals surface area (Å²) < 4.78 is 27.6. The number of sulfonamides is 1. The maximum absolute atomic E-state index is 12.7. The summed E-state index contributed by atoms with van der Waals surface area (Å²) in [6.07, 6.45) is 0. The molecule has 9 heteroatoms. The fourth-order valence-corrected chi connectivity index (χ4v) is 5.03. The van der Waals surface area contributed by atoms with Crippen LogP contribution in [0.1, 0.15) is 24.2 Å². The van der Waals surface area contributed by atoms with Crippen molar-refractivity contribution < 1.29 is 13.2 Å². The number of rotatable bonds is 6. The lowest BCUT2D eigenvalue weighted by atomic mass is 10.2. The molecule has 0 fully saturated rings. The van der Waals surface area contributed by atoms with Crippen LogP contribution >= 0.6 is 22.9 Å². The molecule has 0 radical (unpaired) electrons. The Kier molecular flexibility index (Phi) is 5.81.